The molecule has 0 spiro atoms. The van der Waals surface area contributed by atoms with Crippen LogP contribution in [0.2, 0.25) is 10.0 Å². The van der Waals surface area contributed by atoms with E-state index in [-0.39, 0.29) is 17.4 Å². The van der Waals surface area contributed by atoms with Gasteiger partial charge in [-0.2, -0.15) is 0 Å². The van der Waals surface area contributed by atoms with E-state index in [9.17, 15) is 4.79 Å². The van der Waals surface area contributed by atoms with Crippen molar-refractivity contribution in [2.45, 2.75) is 79.3 Å². The van der Waals surface area contributed by atoms with Crippen LogP contribution in [0.25, 0.3) is 0 Å². The molecular weight excluding hydrogens is 341 g/mol. The number of halogens is 2. The van der Waals surface area contributed by atoms with Gasteiger partial charge in [-0.25, -0.2) is 0 Å². The summed E-state index contributed by atoms with van der Waals surface area (Å²) in [6.45, 7) is 11.2. The van der Waals surface area contributed by atoms with E-state index in [1.54, 1.807) is 6.07 Å². The summed E-state index contributed by atoms with van der Waals surface area (Å²) in [6, 6.07) is 5.83. The summed E-state index contributed by atoms with van der Waals surface area (Å²) in [5.41, 5.74) is 1.00. The van der Waals surface area contributed by atoms with E-state index < -0.39 is 0 Å². The number of carbonyl (C=O) groups is 1. The van der Waals surface area contributed by atoms with Gasteiger partial charge in [0.15, 0.2) is 0 Å². The van der Waals surface area contributed by atoms with Crippen LogP contribution in [-0.4, -0.2) is 16.8 Å². The van der Waals surface area contributed by atoms with E-state index in [1.807, 2.05) is 17.0 Å². The van der Waals surface area contributed by atoms with Gasteiger partial charge in [0.05, 0.1) is 10.0 Å². The Kier molecular flexibility index (Phi) is 8.59. The number of unbranched alkanes of at least 4 members (excludes halogenated alkanes) is 2. The third-order valence-electron chi connectivity index (χ3n) is 4.10. The van der Waals surface area contributed by atoms with E-state index in [0.29, 0.717) is 23.0 Å². The Labute approximate surface area is 157 Å². The van der Waals surface area contributed by atoms with Gasteiger partial charge in [-0.3, -0.25) is 4.79 Å². The summed E-state index contributed by atoms with van der Waals surface area (Å²) in [5, 5.41) is 1.08. The Hall–Kier alpha value is -0.730. The minimum Gasteiger partial charge on any atom is -0.336 e. The van der Waals surface area contributed by atoms with Crippen LogP contribution in [0, 0.1) is 5.41 Å². The van der Waals surface area contributed by atoms with Crippen molar-refractivity contribution < 1.29 is 4.79 Å². The molecule has 24 heavy (non-hydrogen) atoms. The maximum atomic E-state index is 12.9. The molecule has 0 heterocycles. The molecule has 1 aromatic rings. The van der Waals surface area contributed by atoms with Crippen LogP contribution in [0.5, 0.6) is 0 Å². The molecule has 0 N–H and O–H groups in total. The van der Waals surface area contributed by atoms with Crippen molar-refractivity contribution in [3.8, 4) is 0 Å². The van der Waals surface area contributed by atoms with Crippen molar-refractivity contribution in [3.63, 3.8) is 0 Å². The van der Waals surface area contributed by atoms with Crippen LogP contribution in [0.3, 0.4) is 0 Å². The lowest BCUT2D eigenvalue weighted by atomic mass is 9.91. The van der Waals surface area contributed by atoms with Crippen molar-refractivity contribution in [1.29, 1.82) is 0 Å². The summed E-state index contributed by atoms with van der Waals surface area (Å²) in [4.78, 5) is 14.9. The van der Waals surface area contributed by atoms with Crippen LogP contribution in [0.4, 0.5) is 0 Å². The molecule has 2 nitrogen and oxygen atoms in total. The Bertz CT molecular complexity index is 537. The van der Waals surface area contributed by atoms with E-state index >= 15 is 0 Å². The van der Waals surface area contributed by atoms with Gasteiger partial charge in [-0.05, 0) is 36.5 Å². The molecule has 0 bridgehead atoms. The van der Waals surface area contributed by atoms with Gasteiger partial charge < -0.3 is 4.90 Å². The highest BCUT2D eigenvalue weighted by Gasteiger charge is 2.25. The highest BCUT2D eigenvalue weighted by atomic mass is 35.5. The predicted octanol–water partition coefficient (Wildman–Crippen LogP) is 6.73. The highest BCUT2D eigenvalue weighted by Crippen LogP contribution is 2.26. The summed E-state index contributed by atoms with van der Waals surface area (Å²) in [5.74, 6) is 0.206. The van der Waals surface area contributed by atoms with E-state index in [4.69, 9.17) is 23.2 Å². The van der Waals surface area contributed by atoms with Gasteiger partial charge in [0.2, 0.25) is 5.91 Å². The second-order valence-electron chi connectivity index (χ2n) is 7.85. The molecule has 1 unspecified atom stereocenters. The predicted molar refractivity (Wildman–Crippen MR) is 105 cm³/mol. The quantitative estimate of drug-likeness (QED) is 0.464. The van der Waals surface area contributed by atoms with Gasteiger partial charge in [0.1, 0.15) is 0 Å². The molecule has 0 fully saturated rings. The molecule has 0 saturated heterocycles. The molecule has 1 atom stereocenters. The lowest BCUT2D eigenvalue weighted by molar-refractivity contribution is -0.136. The molecule has 0 aliphatic carbocycles. The fraction of sp³-hybridized carbons (Fsp3) is 0.650. The molecule has 0 saturated carbocycles. The van der Waals surface area contributed by atoms with Crippen LogP contribution < -0.4 is 0 Å². The van der Waals surface area contributed by atoms with Crippen LogP contribution in [-0.2, 0) is 11.3 Å². The number of benzene rings is 1. The van der Waals surface area contributed by atoms with Gasteiger partial charge in [-0.15, -0.1) is 0 Å². The first-order valence-electron chi connectivity index (χ1n) is 8.87. The third kappa shape index (κ3) is 7.44. The number of amides is 1. The lowest BCUT2D eigenvalue weighted by Gasteiger charge is -2.32. The first-order valence-corrected chi connectivity index (χ1v) is 9.63. The van der Waals surface area contributed by atoms with Crippen molar-refractivity contribution in [2.24, 2.45) is 5.41 Å². The van der Waals surface area contributed by atoms with Gasteiger partial charge in [0, 0.05) is 19.0 Å². The number of carbonyl (C=O) groups excluding carboxylic acids is 1. The zero-order chi connectivity index (χ0) is 18.3. The second-order valence-corrected chi connectivity index (χ2v) is 8.67. The van der Waals surface area contributed by atoms with Crippen molar-refractivity contribution in [3.05, 3.63) is 33.8 Å². The fourth-order valence-corrected chi connectivity index (χ4v) is 3.05. The maximum absolute atomic E-state index is 12.9. The standard InChI is InChI=1S/C20H31Cl2NO/c1-6-7-8-9-15(2)23(19(24)13-20(3,4)5)14-16-10-11-17(21)18(22)12-16/h10-12,15H,6-9,13-14H2,1-5H3. The fourth-order valence-electron chi connectivity index (χ4n) is 2.73. The van der Waals surface area contributed by atoms with E-state index in [1.165, 1.54) is 12.8 Å². The summed E-state index contributed by atoms with van der Waals surface area (Å²) < 4.78 is 0. The minimum atomic E-state index is -0.0177. The largest absolute Gasteiger partial charge is 0.336 e. The SMILES string of the molecule is CCCCCC(C)N(Cc1ccc(Cl)c(Cl)c1)C(=O)CC(C)(C)C. The Balaban J connectivity index is 2.90. The molecule has 1 amide bonds. The Morgan fingerprint density at radius 3 is 2.38 bits per heavy atom. The molecule has 1 aromatic carbocycles. The molecule has 0 aliphatic heterocycles. The van der Waals surface area contributed by atoms with Crippen LogP contribution in [0.15, 0.2) is 18.2 Å². The van der Waals surface area contributed by atoms with Crippen LogP contribution in [0.1, 0.15) is 72.3 Å². The topological polar surface area (TPSA) is 20.3 Å². The summed E-state index contributed by atoms with van der Waals surface area (Å²) >= 11 is 12.1. The number of hydrogen-bond donors (Lipinski definition) is 0. The molecule has 4 heteroatoms. The zero-order valence-electron chi connectivity index (χ0n) is 15.7. The lowest BCUT2D eigenvalue weighted by Crippen LogP contribution is -2.39. The normalized spacial score (nSPS) is 13.0. The monoisotopic (exact) mass is 371 g/mol. The molecule has 136 valence electrons. The molecule has 0 aliphatic rings. The molecular formula is C20H31Cl2NO. The highest BCUT2D eigenvalue weighted by molar-refractivity contribution is 6.42. The van der Waals surface area contributed by atoms with Crippen molar-refractivity contribution in [1.82, 2.24) is 4.90 Å². The maximum Gasteiger partial charge on any atom is 0.223 e. The second kappa shape index (κ2) is 9.68. The van der Waals surface area contributed by atoms with Gasteiger partial charge in [0.25, 0.3) is 0 Å². The average Bonchev–Trinajstić information content (AvgIpc) is 2.46. The first kappa shape index (κ1) is 21.3. The molecule has 0 radical (unpaired) electrons. The Morgan fingerprint density at radius 1 is 1.17 bits per heavy atom. The molecule has 0 aromatic heterocycles. The van der Waals surface area contributed by atoms with E-state index in [0.717, 1.165) is 18.4 Å². The summed E-state index contributed by atoms with van der Waals surface area (Å²) in [6.07, 6.45) is 5.13. The number of hydrogen-bond acceptors (Lipinski definition) is 1. The minimum absolute atomic E-state index is 0.0177. The smallest absolute Gasteiger partial charge is 0.223 e. The number of rotatable bonds is 8. The van der Waals surface area contributed by atoms with E-state index in [2.05, 4.69) is 34.6 Å². The summed E-state index contributed by atoms with van der Waals surface area (Å²) in [7, 11) is 0. The molecule has 1 rings (SSSR count). The van der Waals surface area contributed by atoms with Crippen LogP contribution >= 0.6 is 23.2 Å². The van der Waals surface area contributed by atoms with Gasteiger partial charge in [-0.1, -0.05) is 76.2 Å². The number of nitrogens with zero attached hydrogens (tertiary/aromatic N) is 1. The average molecular weight is 372 g/mol. The van der Waals surface area contributed by atoms with Gasteiger partial charge >= 0.3 is 0 Å². The first-order chi connectivity index (χ1) is 11.1. The zero-order valence-corrected chi connectivity index (χ0v) is 17.2. The third-order valence-corrected chi connectivity index (χ3v) is 4.84. The van der Waals surface area contributed by atoms with Crippen molar-refractivity contribution in [2.75, 3.05) is 0 Å². The van der Waals surface area contributed by atoms with Crippen molar-refractivity contribution >= 4 is 29.1 Å². The Morgan fingerprint density at radius 2 is 1.83 bits per heavy atom.